The van der Waals surface area contributed by atoms with Crippen molar-refractivity contribution < 1.29 is 9.53 Å². The van der Waals surface area contributed by atoms with Crippen LogP contribution in [0.4, 0.5) is 0 Å². The lowest BCUT2D eigenvalue weighted by Crippen LogP contribution is -2.26. The third-order valence-corrected chi connectivity index (χ3v) is 2.97. The molecule has 0 saturated heterocycles. The zero-order valence-electron chi connectivity index (χ0n) is 10.6. The highest BCUT2D eigenvalue weighted by Gasteiger charge is 2.61. The van der Waals surface area contributed by atoms with Gasteiger partial charge in [-0.25, -0.2) is 0 Å². The second-order valence-corrected chi connectivity index (χ2v) is 5.88. The maximum absolute atomic E-state index is 11.9. The molecule has 2 heteroatoms. The van der Waals surface area contributed by atoms with Crippen LogP contribution in [0.1, 0.15) is 41.5 Å². The topological polar surface area (TPSA) is 26.3 Å². The first kappa shape index (κ1) is 12.3. The van der Waals surface area contributed by atoms with Crippen molar-refractivity contribution in [3.8, 4) is 0 Å². The number of ether oxygens (including phenoxy) is 1. The standard InChI is InChI=1S/C13H22O2/c1-7-8-9-10(13(9,5)6)11(14)15-12(2,3)4/h7-10H,1-6H3/b8-7-/t9-,10+/m1/s1. The molecule has 0 heterocycles. The van der Waals surface area contributed by atoms with Crippen LogP contribution in [0.3, 0.4) is 0 Å². The van der Waals surface area contributed by atoms with Gasteiger partial charge in [0, 0.05) is 0 Å². The van der Waals surface area contributed by atoms with Gasteiger partial charge < -0.3 is 4.74 Å². The van der Waals surface area contributed by atoms with E-state index in [1.807, 2.05) is 33.8 Å². The molecule has 0 aromatic carbocycles. The smallest absolute Gasteiger partial charge is 0.310 e. The van der Waals surface area contributed by atoms with Gasteiger partial charge >= 0.3 is 5.97 Å². The molecule has 2 nitrogen and oxygen atoms in total. The van der Waals surface area contributed by atoms with Crippen LogP contribution in [0.25, 0.3) is 0 Å². The Morgan fingerprint density at radius 3 is 2.27 bits per heavy atom. The van der Waals surface area contributed by atoms with Crippen molar-refractivity contribution >= 4 is 5.97 Å². The van der Waals surface area contributed by atoms with Gasteiger partial charge in [-0.2, -0.15) is 0 Å². The van der Waals surface area contributed by atoms with Gasteiger partial charge in [0.1, 0.15) is 5.60 Å². The van der Waals surface area contributed by atoms with Gasteiger partial charge in [-0.05, 0) is 39.0 Å². The third kappa shape index (κ3) is 2.61. The molecule has 0 amide bonds. The summed E-state index contributed by atoms with van der Waals surface area (Å²) in [6, 6.07) is 0. The lowest BCUT2D eigenvalue weighted by Gasteiger charge is -2.19. The summed E-state index contributed by atoms with van der Waals surface area (Å²) in [6.45, 7) is 11.9. The Hall–Kier alpha value is -0.790. The SMILES string of the molecule is C/C=C\[C@@H]1[C@@H](C(=O)OC(C)(C)C)C1(C)C. The molecule has 0 aromatic rings. The molecule has 15 heavy (non-hydrogen) atoms. The minimum absolute atomic E-state index is 0.0351. The van der Waals surface area contributed by atoms with Gasteiger partial charge in [-0.1, -0.05) is 26.0 Å². The Morgan fingerprint density at radius 1 is 1.33 bits per heavy atom. The lowest BCUT2D eigenvalue weighted by atomic mass is 10.1. The van der Waals surface area contributed by atoms with Gasteiger partial charge in [0.15, 0.2) is 0 Å². The van der Waals surface area contributed by atoms with E-state index < -0.39 is 0 Å². The minimum Gasteiger partial charge on any atom is -0.460 e. The fourth-order valence-corrected chi connectivity index (χ4v) is 2.06. The van der Waals surface area contributed by atoms with Crippen molar-refractivity contribution in [2.45, 2.75) is 47.1 Å². The molecule has 1 aliphatic rings. The van der Waals surface area contributed by atoms with E-state index in [1.165, 1.54) is 0 Å². The average Bonchev–Trinajstić information content (AvgIpc) is 2.50. The molecule has 1 fully saturated rings. The number of hydrogen-bond acceptors (Lipinski definition) is 2. The Morgan fingerprint density at radius 2 is 1.87 bits per heavy atom. The first-order valence-corrected chi connectivity index (χ1v) is 5.56. The van der Waals surface area contributed by atoms with E-state index in [4.69, 9.17) is 4.74 Å². The van der Waals surface area contributed by atoms with Crippen LogP contribution < -0.4 is 0 Å². The molecule has 86 valence electrons. The first-order valence-electron chi connectivity index (χ1n) is 5.56. The van der Waals surface area contributed by atoms with E-state index in [-0.39, 0.29) is 22.9 Å². The van der Waals surface area contributed by atoms with E-state index in [9.17, 15) is 4.79 Å². The molecule has 0 aliphatic heterocycles. The van der Waals surface area contributed by atoms with Gasteiger partial charge in [0.2, 0.25) is 0 Å². The molecule has 0 spiro atoms. The predicted molar refractivity (Wildman–Crippen MR) is 61.4 cm³/mol. The minimum atomic E-state index is -0.379. The van der Waals surface area contributed by atoms with Gasteiger partial charge in [-0.15, -0.1) is 0 Å². The maximum atomic E-state index is 11.9. The molecule has 1 saturated carbocycles. The summed E-state index contributed by atoms with van der Waals surface area (Å²) in [5.74, 6) is 0.320. The molecule has 0 bridgehead atoms. The van der Waals surface area contributed by atoms with Crippen LogP contribution in [0.15, 0.2) is 12.2 Å². The Bertz CT molecular complexity index is 281. The normalized spacial score (nSPS) is 29.2. The highest BCUT2D eigenvalue weighted by molar-refractivity contribution is 5.78. The van der Waals surface area contributed by atoms with E-state index in [0.717, 1.165) is 0 Å². The van der Waals surface area contributed by atoms with Crippen molar-refractivity contribution in [2.24, 2.45) is 17.3 Å². The van der Waals surface area contributed by atoms with Gasteiger partial charge in [-0.3, -0.25) is 4.79 Å². The number of hydrogen-bond donors (Lipinski definition) is 0. The van der Waals surface area contributed by atoms with E-state index >= 15 is 0 Å². The molecule has 0 unspecified atom stereocenters. The average molecular weight is 210 g/mol. The van der Waals surface area contributed by atoms with Crippen molar-refractivity contribution in [3.05, 3.63) is 12.2 Å². The molecule has 0 N–H and O–H groups in total. The van der Waals surface area contributed by atoms with Crippen molar-refractivity contribution in [3.63, 3.8) is 0 Å². The van der Waals surface area contributed by atoms with Crippen LogP contribution >= 0.6 is 0 Å². The zero-order chi connectivity index (χ0) is 11.9. The molecule has 0 radical (unpaired) electrons. The van der Waals surface area contributed by atoms with Gasteiger partial charge in [0.25, 0.3) is 0 Å². The monoisotopic (exact) mass is 210 g/mol. The van der Waals surface area contributed by atoms with Crippen LogP contribution in [0.2, 0.25) is 0 Å². The maximum Gasteiger partial charge on any atom is 0.310 e. The molecule has 1 aliphatic carbocycles. The highest BCUT2D eigenvalue weighted by atomic mass is 16.6. The number of carbonyl (C=O) groups is 1. The summed E-state index contributed by atoms with van der Waals surface area (Å²) < 4.78 is 5.40. The summed E-state index contributed by atoms with van der Waals surface area (Å²) in [5, 5.41) is 0. The second kappa shape index (κ2) is 3.66. The Balaban J connectivity index is 2.64. The number of allylic oxidation sites excluding steroid dienone is 2. The van der Waals surface area contributed by atoms with Crippen LogP contribution in [0.5, 0.6) is 0 Å². The third-order valence-electron chi connectivity index (χ3n) is 2.97. The van der Waals surface area contributed by atoms with E-state index in [0.29, 0.717) is 5.92 Å². The van der Waals surface area contributed by atoms with E-state index in [1.54, 1.807) is 0 Å². The summed E-state index contributed by atoms with van der Waals surface area (Å²) in [4.78, 5) is 11.9. The summed E-state index contributed by atoms with van der Waals surface area (Å²) in [5.41, 5.74) is -0.314. The van der Waals surface area contributed by atoms with Crippen molar-refractivity contribution in [1.82, 2.24) is 0 Å². The Kier molecular flexibility index (Phi) is 2.99. The summed E-state index contributed by atoms with van der Waals surface area (Å²) >= 11 is 0. The van der Waals surface area contributed by atoms with Crippen molar-refractivity contribution in [1.29, 1.82) is 0 Å². The first-order chi connectivity index (χ1) is 6.70. The van der Waals surface area contributed by atoms with Crippen molar-refractivity contribution in [2.75, 3.05) is 0 Å². The summed E-state index contributed by atoms with van der Waals surface area (Å²) in [7, 11) is 0. The second-order valence-electron chi connectivity index (χ2n) is 5.88. The molecular formula is C13H22O2. The van der Waals surface area contributed by atoms with Crippen LogP contribution in [-0.2, 0) is 9.53 Å². The molecule has 0 aromatic heterocycles. The molecule has 2 atom stereocenters. The summed E-state index contributed by atoms with van der Waals surface area (Å²) in [6.07, 6.45) is 4.12. The highest BCUT2D eigenvalue weighted by Crippen LogP contribution is 2.59. The van der Waals surface area contributed by atoms with E-state index in [2.05, 4.69) is 19.9 Å². The fraction of sp³-hybridized carbons (Fsp3) is 0.769. The zero-order valence-corrected chi connectivity index (χ0v) is 10.6. The Labute approximate surface area is 92.7 Å². The number of rotatable bonds is 2. The fourth-order valence-electron chi connectivity index (χ4n) is 2.06. The molecular weight excluding hydrogens is 188 g/mol. The van der Waals surface area contributed by atoms with Crippen LogP contribution in [-0.4, -0.2) is 11.6 Å². The van der Waals surface area contributed by atoms with Crippen LogP contribution in [0, 0.1) is 17.3 Å². The lowest BCUT2D eigenvalue weighted by molar-refractivity contribution is -0.157. The predicted octanol–water partition coefficient (Wildman–Crippen LogP) is 3.18. The molecule has 1 rings (SSSR count). The van der Waals surface area contributed by atoms with Gasteiger partial charge in [0.05, 0.1) is 5.92 Å². The largest absolute Gasteiger partial charge is 0.460 e. The quantitative estimate of drug-likeness (QED) is 0.517. The number of esters is 1. The number of carbonyl (C=O) groups excluding carboxylic acids is 1.